The van der Waals surface area contributed by atoms with Crippen LogP contribution in [0.2, 0.25) is 0 Å². The van der Waals surface area contributed by atoms with Gasteiger partial charge in [-0.2, -0.15) is 0 Å². The summed E-state index contributed by atoms with van der Waals surface area (Å²) in [4.78, 5) is 13.8. The van der Waals surface area contributed by atoms with Crippen molar-refractivity contribution in [1.29, 1.82) is 0 Å². The maximum Gasteiger partial charge on any atom is 0.182 e. The zero-order valence-corrected chi connectivity index (χ0v) is 15.0. The molecule has 1 N–H and O–H groups in total. The summed E-state index contributed by atoms with van der Waals surface area (Å²) in [6, 6.07) is 17.2. The predicted molar refractivity (Wildman–Crippen MR) is 110 cm³/mol. The molecule has 0 fully saturated rings. The van der Waals surface area contributed by atoms with E-state index in [2.05, 4.69) is 29.2 Å². The third-order valence-electron chi connectivity index (χ3n) is 3.64. The Bertz CT molecular complexity index is 826. The molecule has 0 aliphatic carbocycles. The highest BCUT2D eigenvalue weighted by Gasteiger charge is 1.99. The van der Waals surface area contributed by atoms with Crippen molar-refractivity contribution in [3.8, 4) is 0 Å². The van der Waals surface area contributed by atoms with Crippen LogP contribution in [0.4, 0.5) is 5.69 Å². The Balaban J connectivity index is 1.86. The molecule has 0 heterocycles. The van der Waals surface area contributed by atoms with E-state index in [0.29, 0.717) is 5.56 Å². The Morgan fingerprint density at radius 2 is 1.54 bits per heavy atom. The molecular weight excluding hydrogens is 322 g/mol. The van der Waals surface area contributed by atoms with Gasteiger partial charge in [-0.25, -0.2) is 0 Å². The number of allylic oxidation sites excluding steroid dienone is 6. The lowest BCUT2D eigenvalue weighted by atomic mass is 10.1. The molecule has 0 radical (unpaired) electrons. The number of benzene rings is 2. The van der Waals surface area contributed by atoms with Crippen molar-refractivity contribution in [2.24, 2.45) is 0 Å². The summed E-state index contributed by atoms with van der Waals surface area (Å²) in [6.07, 6.45) is 11.8. The van der Waals surface area contributed by atoms with Gasteiger partial charge in [0.1, 0.15) is 5.76 Å². The second-order valence-electron chi connectivity index (χ2n) is 5.89. The van der Waals surface area contributed by atoms with Gasteiger partial charge in [-0.1, -0.05) is 72.8 Å². The third-order valence-corrected chi connectivity index (χ3v) is 3.64. The number of carbonyl (C=O) groups excluding carboxylic acids is 1. The van der Waals surface area contributed by atoms with Crippen molar-refractivity contribution in [1.82, 2.24) is 0 Å². The molecule has 26 heavy (non-hydrogen) atoms. The second kappa shape index (κ2) is 9.84. The molecule has 3 heteroatoms. The molecule has 0 atom stereocenters. The summed E-state index contributed by atoms with van der Waals surface area (Å²) in [7, 11) is 4.02. The average molecular weight is 345 g/mol. The van der Waals surface area contributed by atoms with E-state index >= 15 is 0 Å². The second-order valence-corrected chi connectivity index (χ2v) is 5.89. The van der Waals surface area contributed by atoms with Gasteiger partial charge in [0.2, 0.25) is 0 Å². The van der Waals surface area contributed by atoms with Crippen molar-refractivity contribution in [3.05, 3.63) is 102 Å². The highest BCUT2D eigenvalue weighted by molar-refractivity contribution is 6.03. The lowest BCUT2D eigenvalue weighted by Crippen LogP contribution is -2.07. The number of ketones is 1. The van der Waals surface area contributed by atoms with Crippen LogP contribution < -0.4 is 4.90 Å². The van der Waals surface area contributed by atoms with Crippen LogP contribution in [0.25, 0.3) is 11.8 Å². The van der Waals surface area contributed by atoms with Crippen molar-refractivity contribution < 1.29 is 9.90 Å². The number of hydrogen-bond donors (Lipinski definition) is 1. The van der Waals surface area contributed by atoms with Gasteiger partial charge in [-0.3, -0.25) is 4.79 Å². The van der Waals surface area contributed by atoms with Crippen LogP contribution in [0.1, 0.15) is 11.1 Å². The zero-order valence-electron chi connectivity index (χ0n) is 15.0. The number of rotatable bonds is 7. The fourth-order valence-corrected chi connectivity index (χ4v) is 2.20. The number of aliphatic hydroxyl groups excluding tert-OH is 1. The van der Waals surface area contributed by atoms with E-state index < -0.39 is 0 Å². The summed E-state index contributed by atoms with van der Waals surface area (Å²) in [5.74, 6) is -0.301. The van der Waals surface area contributed by atoms with E-state index in [1.165, 1.54) is 12.2 Å². The molecular formula is C23H23NO2. The Morgan fingerprint density at radius 3 is 2.19 bits per heavy atom. The number of anilines is 1. The molecule has 0 saturated heterocycles. The monoisotopic (exact) mass is 345 g/mol. The first-order valence-corrected chi connectivity index (χ1v) is 8.35. The third kappa shape index (κ3) is 6.29. The van der Waals surface area contributed by atoms with Crippen LogP contribution in [0, 0.1) is 0 Å². The molecule has 2 aromatic rings. The number of hydrogen-bond acceptors (Lipinski definition) is 3. The van der Waals surface area contributed by atoms with E-state index in [9.17, 15) is 9.90 Å². The van der Waals surface area contributed by atoms with E-state index in [1.807, 2.05) is 50.5 Å². The number of aliphatic hydroxyl groups is 1. The molecule has 132 valence electrons. The zero-order chi connectivity index (χ0) is 18.8. The standard InChI is InChI=1S/C23H23NO2/c1-24(2)21-16-14-19(15-17-21)10-6-3-4-9-13-22(25)18-23(26)20-11-7-5-8-12-20/h3-18,26H,1-2H3/b4-3+,10-6+,13-9+,23-18-. The molecule has 0 aliphatic heterocycles. The van der Waals surface area contributed by atoms with Crippen LogP contribution in [0.5, 0.6) is 0 Å². The first kappa shape index (κ1) is 19.0. The summed E-state index contributed by atoms with van der Waals surface area (Å²) >= 11 is 0. The normalized spacial score (nSPS) is 12.3. The van der Waals surface area contributed by atoms with Gasteiger partial charge in [-0.05, 0) is 23.8 Å². The molecule has 0 amide bonds. The smallest absolute Gasteiger partial charge is 0.182 e. The van der Waals surface area contributed by atoms with E-state index in [4.69, 9.17) is 0 Å². The van der Waals surface area contributed by atoms with Crippen molar-refractivity contribution in [2.45, 2.75) is 0 Å². The first-order chi connectivity index (χ1) is 12.6. The Labute approximate surface area is 154 Å². The summed E-state index contributed by atoms with van der Waals surface area (Å²) < 4.78 is 0. The summed E-state index contributed by atoms with van der Waals surface area (Å²) in [6.45, 7) is 0. The van der Waals surface area contributed by atoms with Gasteiger partial charge in [0.15, 0.2) is 5.78 Å². The van der Waals surface area contributed by atoms with Crippen LogP contribution in [-0.2, 0) is 4.79 Å². The predicted octanol–water partition coefficient (Wildman–Crippen LogP) is 5.05. The molecule has 0 unspecified atom stereocenters. The SMILES string of the molecule is CN(C)c1ccc(/C=C/C=C/C=C/C(=O)/C=C(\O)c2ccccc2)cc1. The lowest BCUT2D eigenvalue weighted by Gasteiger charge is -2.11. The fourth-order valence-electron chi connectivity index (χ4n) is 2.20. The molecule has 3 nitrogen and oxygen atoms in total. The fraction of sp³-hybridized carbons (Fsp3) is 0.0870. The Hall–Kier alpha value is -3.33. The highest BCUT2D eigenvalue weighted by Crippen LogP contribution is 2.13. The molecule has 0 aromatic heterocycles. The van der Waals surface area contributed by atoms with Crippen LogP contribution >= 0.6 is 0 Å². The topological polar surface area (TPSA) is 40.5 Å². The molecule has 2 rings (SSSR count). The van der Waals surface area contributed by atoms with Crippen LogP contribution in [0.15, 0.2) is 91.1 Å². The Morgan fingerprint density at radius 1 is 0.885 bits per heavy atom. The Kier molecular flexibility index (Phi) is 7.19. The number of carbonyl (C=O) groups is 1. The van der Waals surface area contributed by atoms with Gasteiger partial charge < -0.3 is 10.0 Å². The molecule has 0 saturated carbocycles. The largest absolute Gasteiger partial charge is 0.507 e. The maximum absolute atomic E-state index is 11.8. The molecule has 0 bridgehead atoms. The minimum atomic E-state index is -0.265. The molecule has 2 aromatic carbocycles. The van der Waals surface area contributed by atoms with E-state index in [1.54, 1.807) is 24.3 Å². The minimum absolute atomic E-state index is 0.0368. The van der Waals surface area contributed by atoms with Gasteiger partial charge in [-0.15, -0.1) is 0 Å². The average Bonchev–Trinajstić information content (AvgIpc) is 2.65. The maximum atomic E-state index is 11.8. The van der Waals surface area contributed by atoms with E-state index in [-0.39, 0.29) is 11.5 Å². The highest BCUT2D eigenvalue weighted by atomic mass is 16.3. The lowest BCUT2D eigenvalue weighted by molar-refractivity contribution is -0.110. The number of nitrogens with zero attached hydrogens (tertiary/aromatic N) is 1. The van der Waals surface area contributed by atoms with E-state index in [0.717, 1.165) is 11.3 Å². The minimum Gasteiger partial charge on any atom is -0.507 e. The van der Waals surface area contributed by atoms with Gasteiger partial charge in [0, 0.05) is 31.4 Å². The molecule has 0 spiro atoms. The first-order valence-electron chi connectivity index (χ1n) is 8.35. The summed E-state index contributed by atoms with van der Waals surface area (Å²) in [5.41, 5.74) is 2.88. The van der Waals surface area contributed by atoms with Crippen molar-refractivity contribution >= 4 is 23.3 Å². The molecule has 0 aliphatic rings. The van der Waals surface area contributed by atoms with Gasteiger partial charge >= 0.3 is 0 Å². The van der Waals surface area contributed by atoms with Gasteiger partial charge in [0.05, 0.1) is 0 Å². The van der Waals surface area contributed by atoms with Gasteiger partial charge in [0.25, 0.3) is 0 Å². The summed E-state index contributed by atoms with van der Waals surface area (Å²) in [5, 5.41) is 9.89. The van der Waals surface area contributed by atoms with Crippen molar-refractivity contribution in [2.75, 3.05) is 19.0 Å². The van der Waals surface area contributed by atoms with Crippen LogP contribution in [-0.4, -0.2) is 25.0 Å². The van der Waals surface area contributed by atoms with Crippen LogP contribution in [0.3, 0.4) is 0 Å². The quantitative estimate of drug-likeness (QED) is 0.434. The van der Waals surface area contributed by atoms with Crippen molar-refractivity contribution in [3.63, 3.8) is 0 Å².